The summed E-state index contributed by atoms with van der Waals surface area (Å²) in [5.74, 6) is 0. The quantitative estimate of drug-likeness (QED) is 0.634. The van der Waals surface area contributed by atoms with Crippen molar-refractivity contribution in [2.45, 2.75) is 38.6 Å². The lowest BCUT2D eigenvalue weighted by Gasteiger charge is -2.23. The monoisotopic (exact) mass is 201 g/mol. The Morgan fingerprint density at radius 3 is 2.79 bits per heavy atom. The van der Waals surface area contributed by atoms with Gasteiger partial charge in [-0.05, 0) is 32.7 Å². The second-order valence-corrected chi connectivity index (χ2v) is 3.77. The molecule has 1 fully saturated rings. The van der Waals surface area contributed by atoms with E-state index in [4.69, 9.17) is 9.47 Å². The van der Waals surface area contributed by atoms with Gasteiger partial charge in [-0.15, -0.1) is 0 Å². The molecule has 0 spiro atoms. The average Bonchev–Trinajstić information content (AvgIpc) is 2.25. The summed E-state index contributed by atoms with van der Waals surface area (Å²) in [6, 6.07) is 0.593. The third-order valence-corrected chi connectivity index (χ3v) is 2.51. The minimum atomic E-state index is 0.593. The maximum absolute atomic E-state index is 5.58. The van der Waals surface area contributed by atoms with Gasteiger partial charge < -0.3 is 14.8 Å². The molecule has 1 aliphatic rings. The van der Waals surface area contributed by atoms with Crippen LogP contribution in [0.3, 0.4) is 0 Å². The smallest absolute Gasteiger partial charge is 0.0619 e. The standard InChI is InChI=1S/C11H23NO2/c1-2-13-8-5-9-14-10-11-6-3-4-7-12-11/h11-12H,2-10H2,1H3. The van der Waals surface area contributed by atoms with E-state index in [1.807, 2.05) is 6.92 Å². The maximum Gasteiger partial charge on any atom is 0.0619 e. The van der Waals surface area contributed by atoms with E-state index in [2.05, 4.69) is 5.32 Å². The molecular formula is C11H23NO2. The first-order valence-corrected chi connectivity index (χ1v) is 5.82. The van der Waals surface area contributed by atoms with Crippen LogP contribution in [-0.4, -0.2) is 39.0 Å². The number of hydrogen-bond donors (Lipinski definition) is 1. The Balaban J connectivity index is 1.82. The number of nitrogens with one attached hydrogen (secondary N) is 1. The Bertz CT molecular complexity index is 124. The molecule has 0 bridgehead atoms. The van der Waals surface area contributed by atoms with Gasteiger partial charge >= 0.3 is 0 Å². The van der Waals surface area contributed by atoms with Crippen molar-refractivity contribution >= 4 is 0 Å². The maximum atomic E-state index is 5.58. The molecule has 1 N–H and O–H groups in total. The van der Waals surface area contributed by atoms with Gasteiger partial charge in [-0.25, -0.2) is 0 Å². The molecule has 0 aromatic carbocycles. The van der Waals surface area contributed by atoms with Crippen LogP contribution >= 0.6 is 0 Å². The van der Waals surface area contributed by atoms with E-state index in [1.54, 1.807) is 0 Å². The van der Waals surface area contributed by atoms with Gasteiger partial charge in [-0.2, -0.15) is 0 Å². The molecule has 0 radical (unpaired) electrons. The summed E-state index contributed by atoms with van der Waals surface area (Å²) >= 11 is 0. The normalized spacial score (nSPS) is 22.5. The first-order chi connectivity index (χ1) is 6.93. The number of piperidine rings is 1. The van der Waals surface area contributed by atoms with Gasteiger partial charge in [0.25, 0.3) is 0 Å². The zero-order valence-electron chi connectivity index (χ0n) is 9.26. The Hall–Kier alpha value is -0.120. The zero-order valence-corrected chi connectivity index (χ0v) is 9.26. The van der Waals surface area contributed by atoms with Crippen molar-refractivity contribution in [3.05, 3.63) is 0 Å². The highest BCUT2D eigenvalue weighted by Crippen LogP contribution is 2.06. The zero-order chi connectivity index (χ0) is 10.1. The Labute approximate surface area is 87.2 Å². The summed E-state index contributed by atoms with van der Waals surface area (Å²) in [6.45, 7) is 6.52. The Morgan fingerprint density at radius 2 is 2.07 bits per heavy atom. The van der Waals surface area contributed by atoms with Crippen molar-refractivity contribution in [3.63, 3.8) is 0 Å². The van der Waals surface area contributed by atoms with E-state index in [-0.39, 0.29) is 0 Å². The van der Waals surface area contributed by atoms with Crippen molar-refractivity contribution in [1.29, 1.82) is 0 Å². The van der Waals surface area contributed by atoms with Gasteiger partial charge in [0.15, 0.2) is 0 Å². The van der Waals surface area contributed by atoms with Crippen LogP contribution in [0.15, 0.2) is 0 Å². The summed E-state index contributed by atoms with van der Waals surface area (Å²) in [6.07, 6.45) is 4.95. The van der Waals surface area contributed by atoms with Crippen molar-refractivity contribution in [2.75, 3.05) is 33.0 Å². The van der Waals surface area contributed by atoms with E-state index >= 15 is 0 Å². The molecule has 3 nitrogen and oxygen atoms in total. The minimum Gasteiger partial charge on any atom is -0.382 e. The molecule has 0 aliphatic carbocycles. The molecule has 0 amide bonds. The minimum absolute atomic E-state index is 0.593. The van der Waals surface area contributed by atoms with Crippen molar-refractivity contribution < 1.29 is 9.47 Å². The molecule has 1 heterocycles. The van der Waals surface area contributed by atoms with E-state index in [0.717, 1.165) is 39.4 Å². The molecule has 3 heteroatoms. The van der Waals surface area contributed by atoms with Crippen LogP contribution < -0.4 is 5.32 Å². The summed E-state index contributed by atoms with van der Waals surface area (Å²) in [5, 5.41) is 3.46. The van der Waals surface area contributed by atoms with Crippen LogP contribution in [0, 0.1) is 0 Å². The number of rotatable bonds is 7. The summed E-state index contributed by atoms with van der Waals surface area (Å²) in [4.78, 5) is 0. The van der Waals surface area contributed by atoms with Crippen molar-refractivity contribution in [3.8, 4) is 0 Å². The predicted octanol–water partition coefficient (Wildman–Crippen LogP) is 1.57. The summed E-state index contributed by atoms with van der Waals surface area (Å²) < 4.78 is 10.8. The highest BCUT2D eigenvalue weighted by molar-refractivity contribution is 4.71. The third-order valence-electron chi connectivity index (χ3n) is 2.51. The molecular weight excluding hydrogens is 178 g/mol. The predicted molar refractivity (Wildman–Crippen MR) is 57.6 cm³/mol. The molecule has 1 saturated heterocycles. The van der Waals surface area contributed by atoms with Crippen LogP contribution in [-0.2, 0) is 9.47 Å². The van der Waals surface area contributed by atoms with Gasteiger partial charge in [0.05, 0.1) is 6.61 Å². The first kappa shape index (κ1) is 12.0. The second-order valence-electron chi connectivity index (χ2n) is 3.77. The van der Waals surface area contributed by atoms with Crippen molar-refractivity contribution in [1.82, 2.24) is 5.32 Å². The van der Waals surface area contributed by atoms with Gasteiger partial charge in [-0.3, -0.25) is 0 Å². The Kier molecular flexibility index (Phi) is 7.01. The van der Waals surface area contributed by atoms with Gasteiger partial charge in [0.1, 0.15) is 0 Å². The highest BCUT2D eigenvalue weighted by Gasteiger charge is 2.11. The van der Waals surface area contributed by atoms with Crippen LogP contribution in [0.2, 0.25) is 0 Å². The molecule has 14 heavy (non-hydrogen) atoms. The van der Waals surface area contributed by atoms with Crippen LogP contribution in [0.5, 0.6) is 0 Å². The van der Waals surface area contributed by atoms with Gasteiger partial charge in [0, 0.05) is 25.9 Å². The van der Waals surface area contributed by atoms with Crippen LogP contribution in [0.25, 0.3) is 0 Å². The summed E-state index contributed by atoms with van der Waals surface area (Å²) in [7, 11) is 0. The highest BCUT2D eigenvalue weighted by atomic mass is 16.5. The number of ether oxygens (including phenoxy) is 2. The molecule has 0 saturated carbocycles. The average molecular weight is 201 g/mol. The molecule has 84 valence electrons. The van der Waals surface area contributed by atoms with Crippen LogP contribution in [0.4, 0.5) is 0 Å². The van der Waals surface area contributed by atoms with Crippen LogP contribution in [0.1, 0.15) is 32.6 Å². The second kappa shape index (κ2) is 8.21. The van der Waals surface area contributed by atoms with E-state index in [9.17, 15) is 0 Å². The lowest BCUT2D eigenvalue weighted by atomic mass is 10.1. The topological polar surface area (TPSA) is 30.5 Å². The third kappa shape index (κ3) is 5.58. The fourth-order valence-corrected chi connectivity index (χ4v) is 1.70. The van der Waals surface area contributed by atoms with E-state index in [1.165, 1.54) is 19.3 Å². The van der Waals surface area contributed by atoms with Gasteiger partial charge in [-0.1, -0.05) is 6.42 Å². The number of hydrogen-bond acceptors (Lipinski definition) is 3. The molecule has 0 aromatic heterocycles. The van der Waals surface area contributed by atoms with Gasteiger partial charge in [0.2, 0.25) is 0 Å². The Morgan fingerprint density at radius 1 is 1.21 bits per heavy atom. The molecule has 1 rings (SSSR count). The largest absolute Gasteiger partial charge is 0.382 e. The molecule has 1 unspecified atom stereocenters. The van der Waals surface area contributed by atoms with E-state index < -0.39 is 0 Å². The molecule has 1 atom stereocenters. The lowest BCUT2D eigenvalue weighted by Crippen LogP contribution is -2.37. The molecule has 1 aliphatic heterocycles. The molecule has 0 aromatic rings. The fraction of sp³-hybridized carbons (Fsp3) is 1.00. The first-order valence-electron chi connectivity index (χ1n) is 5.82. The lowest BCUT2D eigenvalue weighted by molar-refractivity contribution is 0.0724. The van der Waals surface area contributed by atoms with Crippen molar-refractivity contribution in [2.24, 2.45) is 0 Å². The summed E-state index contributed by atoms with van der Waals surface area (Å²) in [5.41, 5.74) is 0. The SMILES string of the molecule is CCOCCCOCC1CCCCN1. The van der Waals surface area contributed by atoms with E-state index in [0.29, 0.717) is 6.04 Å². The fourth-order valence-electron chi connectivity index (χ4n) is 1.70.